The van der Waals surface area contributed by atoms with E-state index in [1.54, 1.807) is 6.92 Å². The van der Waals surface area contributed by atoms with Gasteiger partial charge in [0.15, 0.2) is 0 Å². The SMILES string of the molecule is CC(=O)CC/C=C/Cc1ccc2c(c1)C(=O)OC2. The maximum atomic E-state index is 11.4. The van der Waals surface area contributed by atoms with E-state index in [2.05, 4.69) is 0 Å². The van der Waals surface area contributed by atoms with Crippen LogP contribution in [0, 0.1) is 0 Å². The first-order chi connectivity index (χ1) is 8.66. The molecule has 18 heavy (non-hydrogen) atoms. The number of hydrogen-bond acceptors (Lipinski definition) is 3. The number of hydrogen-bond donors (Lipinski definition) is 0. The van der Waals surface area contributed by atoms with E-state index in [9.17, 15) is 9.59 Å². The molecule has 0 amide bonds. The molecule has 0 saturated heterocycles. The number of benzene rings is 1. The summed E-state index contributed by atoms with van der Waals surface area (Å²) in [6.07, 6.45) is 6.19. The van der Waals surface area contributed by atoms with Crippen LogP contribution in [0.25, 0.3) is 0 Å². The van der Waals surface area contributed by atoms with E-state index in [-0.39, 0.29) is 11.8 Å². The number of allylic oxidation sites excluding steroid dienone is 2. The van der Waals surface area contributed by atoms with Gasteiger partial charge in [-0.1, -0.05) is 24.3 Å². The zero-order valence-corrected chi connectivity index (χ0v) is 10.4. The van der Waals surface area contributed by atoms with E-state index in [4.69, 9.17) is 4.74 Å². The van der Waals surface area contributed by atoms with E-state index in [0.717, 1.165) is 24.0 Å². The zero-order valence-electron chi connectivity index (χ0n) is 10.4. The minimum atomic E-state index is -0.229. The Kier molecular flexibility index (Phi) is 3.92. The summed E-state index contributed by atoms with van der Waals surface area (Å²) < 4.78 is 4.95. The quantitative estimate of drug-likeness (QED) is 0.591. The van der Waals surface area contributed by atoms with Gasteiger partial charge in [0.1, 0.15) is 12.4 Å². The van der Waals surface area contributed by atoms with Crippen LogP contribution in [0.15, 0.2) is 30.4 Å². The number of carbonyl (C=O) groups excluding carboxylic acids is 2. The monoisotopic (exact) mass is 244 g/mol. The molecule has 0 N–H and O–H groups in total. The minimum Gasteiger partial charge on any atom is -0.457 e. The summed E-state index contributed by atoms with van der Waals surface area (Å²) in [5.41, 5.74) is 2.74. The van der Waals surface area contributed by atoms with Gasteiger partial charge >= 0.3 is 5.97 Å². The largest absolute Gasteiger partial charge is 0.457 e. The standard InChI is InChI=1S/C15H16O3/c1-11(16)5-3-2-4-6-12-7-8-13-10-18-15(17)14(13)9-12/h2,4,7-9H,3,5-6,10H2,1H3/b4-2+. The topological polar surface area (TPSA) is 43.4 Å². The molecule has 1 aromatic carbocycles. The van der Waals surface area contributed by atoms with Crippen LogP contribution in [0.5, 0.6) is 0 Å². The van der Waals surface area contributed by atoms with Crippen molar-refractivity contribution in [2.24, 2.45) is 0 Å². The van der Waals surface area contributed by atoms with E-state index in [1.165, 1.54) is 0 Å². The van der Waals surface area contributed by atoms with Gasteiger partial charge in [0.2, 0.25) is 0 Å². The number of ketones is 1. The lowest BCUT2D eigenvalue weighted by Gasteiger charge is -1.99. The van der Waals surface area contributed by atoms with Crippen LogP contribution in [0.1, 0.15) is 41.3 Å². The van der Waals surface area contributed by atoms with Gasteiger partial charge in [-0.3, -0.25) is 0 Å². The Hall–Kier alpha value is -1.90. The average molecular weight is 244 g/mol. The number of esters is 1. The van der Waals surface area contributed by atoms with E-state index >= 15 is 0 Å². The molecule has 3 nitrogen and oxygen atoms in total. The molecule has 0 fully saturated rings. The first-order valence-corrected chi connectivity index (χ1v) is 6.10. The maximum absolute atomic E-state index is 11.4. The van der Waals surface area contributed by atoms with Gasteiger partial charge in [0, 0.05) is 12.0 Å². The molecule has 0 saturated carbocycles. The van der Waals surface area contributed by atoms with Crippen molar-refractivity contribution in [3.8, 4) is 0 Å². The highest BCUT2D eigenvalue weighted by Crippen LogP contribution is 2.21. The Morgan fingerprint density at radius 1 is 1.39 bits per heavy atom. The molecule has 0 radical (unpaired) electrons. The third kappa shape index (κ3) is 3.06. The first-order valence-electron chi connectivity index (χ1n) is 6.10. The molecule has 0 unspecified atom stereocenters. The molecule has 1 aliphatic heterocycles. The lowest BCUT2D eigenvalue weighted by molar-refractivity contribution is -0.116. The molecule has 0 bridgehead atoms. The Morgan fingerprint density at radius 2 is 2.22 bits per heavy atom. The van der Waals surface area contributed by atoms with Crippen LogP contribution in [-0.4, -0.2) is 11.8 Å². The second-order valence-corrected chi connectivity index (χ2v) is 4.48. The van der Waals surface area contributed by atoms with Crippen LogP contribution in [0.3, 0.4) is 0 Å². The molecule has 1 heterocycles. The van der Waals surface area contributed by atoms with Crippen molar-refractivity contribution in [3.63, 3.8) is 0 Å². The Labute approximate surface area is 106 Å². The fourth-order valence-corrected chi connectivity index (χ4v) is 1.91. The van der Waals surface area contributed by atoms with E-state index < -0.39 is 0 Å². The molecular weight excluding hydrogens is 228 g/mol. The van der Waals surface area contributed by atoms with Crippen molar-refractivity contribution in [1.29, 1.82) is 0 Å². The number of cyclic esters (lactones) is 1. The van der Waals surface area contributed by atoms with Crippen molar-refractivity contribution in [1.82, 2.24) is 0 Å². The first kappa shape index (κ1) is 12.6. The predicted molar refractivity (Wildman–Crippen MR) is 68.3 cm³/mol. The van der Waals surface area contributed by atoms with Gasteiger partial charge in [-0.05, 0) is 31.4 Å². The number of rotatable bonds is 5. The van der Waals surface area contributed by atoms with Crippen LogP contribution in [0.4, 0.5) is 0 Å². The third-order valence-electron chi connectivity index (χ3n) is 2.94. The molecule has 3 heteroatoms. The van der Waals surface area contributed by atoms with Crippen molar-refractivity contribution in [3.05, 3.63) is 47.0 Å². The normalized spacial score (nSPS) is 13.7. The summed E-state index contributed by atoms with van der Waals surface area (Å²) in [5.74, 6) is -0.0210. The predicted octanol–water partition coefficient (Wildman–Crippen LogP) is 2.82. The Morgan fingerprint density at radius 3 is 3.00 bits per heavy atom. The summed E-state index contributed by atoms with van der Waals surface area (Å²) in [4.78, 5) is 22.1. The molecule has 0 atom stereocenters. The molecule has 1 aromatic rings. The number of ether oxygens (including phenoxy) is 1. The van der Waals surface area contributed by atoms with Crippen molar-refractivity contribution < 1.29 is 14.3 Å². The van der Waals surface area contributed by atoms with Gasteiger partial charge in [0.05, 0.1) is 5.56 Å². The van der Waals surface area contributed by atoms with E-state index in [1.807, 2.05) is 30.4 Å². The van der Waals surface area contributed by atoms with Crippen molar-refractivity contribution in [2.45, 2.75) is 32.8 Å². The zero-order chi connectivity index (χ0) is 13.0. The molecule has 94 valence electrons. The highest BCUT2D eigenvalue weighted by Gasteiger charge is 2.20. The van der Waals surface area contributed by atoms with Crippen LogP contribution >= 0.6 is 0 Å². The fraction of sp³-hybridized carbons (Fsp3) is 0.333. The summed E-state index contributed by atoms with van der Waals surface area (Å²) in [6, 6.07) is 5.84. The minimum absolute atomic E-state index is 0.208. The smallest absolute Gasteiger partial charge is 0.338 e. The molecule has 2 rings (SSSR count). The lowest BCUT2D eigenvalue weighted by atomic mass is 10.0. The number of carbonyl (C=O) groups is 2. The number of fused-ring (bicyclic) bond motifs is 1. The summed E-state index contributed by atoms with van der Waals surface area (Å²) >= 11 is 0. The van der Waals surface area contributed by atoms with Gasteiger partial charge in [-0.25, -0.2) is 4.79 Å². The Balaban J connectivity index is 1.93. The van der Waals surface area contributed by atoms with Crippen molar-refractivity contribution >= 4 is 11.8 Å². The van der Waals surface area contributed by atoms with Crippen molar-refractivity contribution in [2.75, 3.05) is 0 Å². The molecule has 0 aromatic heterocycles. The number of Topliss-reactive ketones (excluding diaryl/α,β-unsaturated/α-hetero) is 1. The second-order valence-electron chi connectivity index (χ2n) is 4.48. The highest BCUT2D eigenvalue weighted by atomic mass is 16.5. The Bertz CT molecular complexity index is 500. The van der Waals surface area contributed by atoms with Gasteiger partial charge in [0.25, 0.3) is 0 Å². The van der Waals surface area contributed by atoms with Crippen LogP contribution < -0.4 is 0 Å². The molecule has 0 spiro atoms. The van der Waals surface area contributed by atoms with Crippen LogP contribution in [0.2, 0.25) is 0 Å². The van der Waals surface area contributed by atoms with Gasteiger partial charge < -0.3 is 9.53 Å². The molecule has 0 aliphatic carbocycles. The van der Waals surface area contributed by atoms with Crippen LogP contribution in [-0.2, 0) is 22.6 Å². The summed E-state index contributed by atoms with van der Waals surface area (Å²) in [7, 11) is 0. The van der Waals surface area contributed by atoms with Gasteiger partial charge in [-0.15, -0.1) is 0 Å². The van der Waals surface area contributed by atoms with E-state index in [0.29, 0.717) is 18.6 Å². The summed E-state index contributed by atoms with van der Waals surface area (Å²) in [6.45, 7) is 1.99. The second kappa shape index (κ2) is 5.63. The third-order valence-corrected chi connectivity index (χ3v) is 2.94. The molecular formula is C15H16O3. The van der Waals surface area contributed by atoms with Gasteiger partial charge in [-0.2, -0.15) is 0 Å². The average Bonchev–Trinajstić information content (AvgIpc) is 2.70. The maximum Gasteiger partial charge on any atom is 0.338 e. The summed E-state index contributed by atoms with van der Waals surface area (Å²) in [5, 5.41) is 0. The highest BCUT2D eigenvalue weighted by molar-refractivity contribution is 5.93. The fourth-order valence-electron chi connectivity index (χ4n) is 1.91. The molecule has 1 aliphatic rings. The lowest BCUT2D eigenvalue weighted by Crippen LogP contribution is -1.94.